The molecule has 1 amide bonds. The number of hydrogen-bond donors (Lipinski definition) is 2. The zero-order valence-electron chi connectivity index (χ0n) is 27.2. The SMILES string of the molecule is C=CC(=O)Nc1cc(Nc2cc(N3OCCC3c3cc(F)cc(F)c3)ncn2)c(OC)cc1N1CCC(N2CCN(C3CC3)CC2)CC1. The highest BCUT2D eigenvalue weighted by Crippen LogP contribution is 2.41. The molecular formula is C35H42F2N8O3. The van der Waals surface area contributed by atoms with Gasteiger partial charge < -0.3 is 20.3 Å². The van der Waals surface area contributed by atoms with Gasteiger partial charge in [0.1, 0.15) is 29.5 Å². The number of carbonyl (C=O) groups is 1. The number of nitrogens with one attached hydrogen (secondary N) is 2. The fourth-order valence-electron chi connectivity index (χ4n) is 7.20. The summed E-state index contributed by atoms with van der Waals surface area (Å²) in [6.07, 6.45) is 7.98. The molecule has 7 rings (SSSR count). The first-order valence-corrected chi connectivity index (χ1v) is 16.7. The average Bonchev–Trinajstić information content (AvgIpc) is 3.83. The van der Waals surface area contributed by atoms with Crippen molar-refractivity contribution < 1.29 is 23.1 Å². The summed E-state index contributed by atoms with van der Waals surface area (Å²) in [5, 5.41) is 7.84. The van der Waals surface area contributed by atoms with Crippen LogP contribution in [0.5, 0.6) is 5.75 Å². The van der Waals surface area contributed by atoms with Gasteiger partial charge in [-0.15, -0.1) is 0 Å². The Morgan fingerprint density at radius 1 is 0.896 bits per heavy atom. The molecule has 4 heterocycles. The lowest BCUT2D eigenvalue weighted by Crippen LogP contribution is -2.53. The van der Waals surface area contributed by atoms with Crippen LogP contribution >= 0.6 is 0 Å². The molecule has 1 aromatic heterocycles. The van der Waals surface area contributed by atoms with E-state index in [0.717, 1.165) is 56.8 Å². The standard InChI is InChI=1S/C35H42F2N8O3/c1-3-35(46)41-28-19-29(40-33-21-34(39-22-38-33)45-30(8-15-48-45)23-16-24(36)18-25(37)17-23)32(47-2)20-31(28)44-9-6-27(7-10-44)43-13-11-42(12-14-43)26-4-5-26/h3,16-22,26-27,30H,1,4-15H2,2H3,(H,41,46)(H,38,39,40). The highest BCUT2D eigenvalue weighted by atomic mass is 19.1. The Balaban J connectivity index is 1.08. The first kappa shape index (κ1) is 32.2. The molecule has 1 atom stereocenters. The number of anilines is 5. The summed E-state index contributed by atoms with van der Waals surface area (Å²) in [6, 6.07) is 9.89. The maximum absolute atomic E-state index is 14.0. The van der Waals surface area contributed by atoms with Crippen molar-refractivity contribution in [2.45, 2.75) is 50.2 Å². The van der Waals surface area contributed by atoms with E-state index in [2.05, 4.69) is 41.9 Å². The Hall–Kier alpha value is -4.33. The Bertz CT molecular complexity index is 1620. The van der Waals surface area contributed by atoms with E-state index < -0.39 is 17.7 Å². The minimum Gasteiger partial charge on any atom is -0.494 e. The van der Waals surface area contributed by atoms with E-state index in [1.54, 1.807) is 18.2 Å². The van der Waals surface area contributed by atoms with Crippen molar-refractivity contribution >= 4 is 34.6 Å². The number of piperidine rings is 1. The van der Waals surface area contributed by atoms with E-state index in [-0.39, 0.29) is 5.91 Å². The summed E-state index contributed by atoms with van der Waals surface area (Å²) >= 11 is 0. The van der Waals surface area contributed by atoms with Crippen LogP contribution in [0, 0.1) is 11.6 Å². The highest BCUT2D eigenvalue weighted by molar-refractivity contribution is 6.02. The van der Waals surface area contributed by atoms with Gasteiger partial charge in [0, 0.05) is 76.0 Å². The van der Waals surface area contributed by atoms with E-state index in [1.165, 1.54) is 50.5 Å². The predicted molar refractivity (Wildman–Crippen MR) is 181 cm³/mol. The van der Waals surface area contributed by atoms with Crippen molar-refractivity contribution in [3.8, 4) is 5.75 Å². The van der Waals surface area contributed by atoms with Gasteiger partial charge in [-0.1, -0.05) is 6.58 Å². The molecule has 0 bridgehead atoms. The van der Waals surface area contributed by atoms with Crippen LogP contribution in [-0.4, -0.2) is 90.7 Å². The summed E-state index contributed by atoms with van der Waals surface area (Å²) in [5.74, 6) is -0.176. The molecule has 13 heteroatoms. The molecule has 48 heavy (non-hydrogen) atoms. The summed E-state index contributed by atoms with van der Waals surface area (Å²) in [7, 11) is 1.60. The molecule has 2 aromatic carbocycles. The minimum absolute atomic E-state index is 0.314. The third-order valence-electron chi connectivity index (χ3n) is 9.81. The number of piperazine rings is 1. The second-order valence-corrected chi connectivity index (χ2v) is 12.8. The van der Waals surface area contributed by atoms with Gasteiger partial charge in [0.2, 0.25) is 5.91 Å². The molecule has 3 aromatic rings. The van der Waals surface area contributed by atoms with Crippen LogP contribution in [0.3, 0.4) is 0 Å². The van der Waals surface area contributed by atoms with Crippen molar-refractivity contribution in [3.05, 3.63) is 72.6 Å². The number of methoxy groups -OCH3 is 1. The van der Waals surface area contributed by atoms with E-state index in [1.807, 2.05) is 12.1 Å². The van der Waals surface area contributed by atoms with Gasteiger partial charge in [0.15, 0.2) is 5.82 Å². The van der Waals surface area contributed by atoms with Gasteiger partial charge in [-0.3, -0.25) is 19.4 Å². The molecule has 4 fully saturated rings. The quantitative estimate of drug-likeness (QED) is 0.280. The van der Waals surface area contributed by atoms with Crippen LogP contribution in [0.15, 0.2) is 55.4 Å². The Kier molecular flexibility index (Phi) is 9.42. The van der Waals surface area contributed by atoms with Gasteiger partial charge in [0.25, 0.3) is 0 Å². The number of halogens is 2. The summed E-state index contributed by atoms with van der Waals surface area (Å²) in [4.78, 5) is 34.8. The number of hydroxylamine groups is 1. The summed E-state index contributed by atoms with van der Waals surface area (Å²) in [6.45, 7) is 10.3. The lowest BCUT2D eigenvalue weighted by Gasteiger charge is -2.43. The first-order valence-electron chi connectivity index (χ1n) is 16.7. The molecule has 254 valence electrons. The fraction of sp³-hybridized carbons (Fsp3) is 0.457. The highest BCUT2D eigenvalue weighted by Gasteiger charge is 2.34. The summed E-state index contributed by atoms with van der Waals surface area (Å²) in [5.41, 5.74) is 2.55. The Labute approximate surface area is 279 Å². The zero-order chi connectivity index (χ0) is 33.2. The molecule has 11 nitrogen and oxygen atoms in total. The van der Waals surface area contributed by atoms with Gasteiger partial charge in [-0.25, -0.2) is 23.8 Å². The molecule has 2 N–H and O–H groups in total. The van der Waals surface area contributed by atoms with Gasteiger partial charge >= 0.3 is 0 Å². The molecular weight excluding hydrogens is 618 g/mol. The van der Waals surface area contributed by atoms with Crippen molar-refractivity contribution in [1.29, 1.82) is 0 Å². The van der Waals surface area contributed by atoms with Crippen molar-refractivity contribution in [1.82, 2.24) is 19.8 Å². The first-order chi connectivity index (χ1) is 23.4. The Morgan fingerprint density at radius 2 is 1.58 bits per heavy atom. The number of carbonyl (C=O) groups excluding carboxylic acids is 1. The maximum Gasteiger partial charge on any atom is 0.247 e. The zero-order valence-corrected chi connectivity index (χ0v) is 27.2. The van der Waals surface area contributed by atoms with Crippen molar-refractivity contribution in [2.75, 3.05) is 73.6 Å². The molecule has 3 saturated heterocycles. The molecule has 3 aliphatic heterocycles. The third kappa shape index (κ3) is 7.08. The molecule has 1 saturated carbocycles. The number of rotatable bonds is 10. The van der Waals surface area contributed by atoms with Crippen LogP contribution in [0.1, 0.15) is 43.7 Å². The average molecular weight is 661 g/mol. The number of amides is 1. The second kappa shape index (κ2) is 14.0. The van der Waals surface area contributed by atoms with Crippen LogP contribution < -0.4 is 25.3 Å². The van der Waals surface area contributed by atoms with Crippen LogP contribution in [-0.2, 0) is 9.63 Å². The minimum atomic E-state index is -0.650. The number of benzene rings is 2. The molecule has 4 aliphatic rings. The monoisotopic (exact) mass is 660 g/mol. The lowest BCUT2D eigenvalue weighted by molar-refractivity contribution is -0.111. The molecule has 1 aliphatic carbocycles. The van der Waals surface area contributed by atoms with E-state index >= 15 is 0 Å². The fourth-order valence-corrected chi connectivity index (χ4v) is 7.20. The number of hydrogen-bond acceptors (Lipinski definition) is 10. The third-order valence-corrected chi connectivity index (χ3v) is 9.81. The molecule has 0 radical (unpaired) electrons. The smallest absolute Gasteiger partial charge is 0.247 e. The van der Waals surface area contributed by atoms with Gasteiger partial charge in [-0.2, -0.15) is 0 Å². The van der Waals surface area contributed by atoms with Gasteiger partial charge in [-0.05, 0) is 55.5 Å². The predicted octanol–water partition coefficient (Wildman–Crippen LogP) is 5.26. The van der Waals surface area contributed by atoms with Crippen LogP contribution in [0.4, 0.5) is 37.5 Å². The van der Waals surface area contributed by atoms with Crippen molar-refractivity contribution in [2.24, 2.45) is 0 Å². The largest absolute Gasteiger partial charge is 0.494 e. The van der Waals surface area contributed by atoms with E-state index in [9.17, 15) is 13.6 Å². The molecule has 0 spiro atoms. The lowest BCUT2D eigenvalue weighted by atomic mass is 10.0. The van der Waals surface area contributed by atoms with Crippen LogP contribution in [0.25, 0.3) is 0 Å². The van der Waals surface area contributed by atoms with Crippen molar-refractivity contribution in [3.63, 3.8) is 0 Å². The number of ether oxygens (including phenoxy) is 1. The van der Waals surface area contributed by atoms with E-state index in [0.29, 0.717) is 53.4 Å². The normalized spacial score (nSPS) is 20.9. The molecule has 1 unspecified atom stereocenters. The van der Waals surface area contributed by atoms with Crippen LogP contribution in [0.2, 0.25) is 0 Å². The second-order valence-electron chi connectivity index (χ2n) is 12.8. The number of nitrogens with zero attached hydrogens (tertiary/aromatic N) is 6. The summed E-state index contributed by atoms with van der Waals surface area (Å²) < 4.78 is 33.9. The van der Waals surface area contributed by atoms with E-state index in [4.69, 9.17) is 9.57 Å². The Morgan fingerprint density at radius 3 is 2.23 bits per heavy atom. The van der Waals surface area contributed by atoms with Gasteiger partial charge in [0.05, 0.1) is 36.8 Å². The topological polar surface area (TPSA) is 98.3 Å². The maximum atomic E-state index is 14.0. The number of aromatic nitrogens is 2.